The van der Waals surface area contributed by atoms with E-state index >= 15 is 0 Å². The number of cyclic esters (lactones) is 1. The fraction of sp³-hybridized carbons (Fsp3) is 0.333. The molecular weight excluding hydrogens is 388 g/mol. The van der Waals surface area contributed by atoms with E-state index < -0.39 is 12.1 Å². The third-order valence-corrected chi connectivity index (χ3v) is 5.98. The molecule has 2 atom stereocenters. The van der Waals surface area contributed by atoms with Gasteiger partial charge in [0.15, 0.2) is 0 Å². The molecule has 1 N–H and O–H groups in total. The van der Waals surface area contributed by atoms with Gasteiger partial charge in [-0.15, -0.1) is 0 Å². The van der Waals surface area contributed by atoms with Crippen LogP contribution >= 0.6 is 11.9 Å². The van der Waals surface area contributed by atoms with Gasteiger partial charge in [-0.3, -0.25) is 9.52 Å². The molecule has 2 aromatic rings. The Bertz CT molecular complexity index is 989. The summed E-state index contributed by atoms with van der Waals surface area (Å²) in [7, 11) is 0. The molecule has 148 valence electrons. The number of nitrogens with one attached hydrogen (secondary N) is 1. The van der Waals surface area contributed by atoms with Crippen molar-refractivity contribution in [1.82, 2.24) is 9.71 Å². The minimum Gasteiger partial charge on any atom is -0.452 e. The maximum Gasteiger partial charge on any atom is 0.340 e. The zero-order valence-corrected chi connectivity index (χ0v) is 16.7. The van der Waals surface area contributed by atoms with Gasteiger partial charge in [0.05, 0.1) is 22.7 Å². The number of pyridine rings is 1. The average Bonchev–Trinajstić information content (AvgIpc) is 3.33. The third kappa shape index (κ3) is 3.91. The van der Waals surface area contributed by atoms with Crippen LogP contribution in [0.3, 0.4) is 0 Å². The van der Waals surface area contributed by atoms with Crippen LogP contribution in [0.25, 0.3) is 0 Å². The summed E-state index contributed by atoms with van der Waals surface area (Å²) in [5, 5.41) is 9.51. The average molecular weight is 408 g/mol. The molecule has 0 radical (unpaired) electrons. The van der Waals surface area contributed by atoms with E-state index in [2.05, 4.69) is 15.8 Å². The summed E-state index contributed by atoms with van der Waals surface area (Å²) in [5.41, 5.74) is 2.38. The van der Waals surface area contributed by atoms with Gasteiger partial charge >= 0.3 is 5.97 Å². The predicted molar refractivity (Wildman–Crippen MR) is 109 cm³/mol. The van der Waals surface area contributed by atoms with Crippen molar-refractivity contribution < 1.29 is 14.3 Å². The van der Waals surface area contributed by atoms with E-state index in [1.54, 1.807) is 13.0 Å². The van der Waals surface area contributed by atoms with Gasteiger partial charge in [-0.05, 0) is 36.9 Å². The number of esters is 1. The van der Waals surface area contributed by atoms with Crippen molar-refractivity contribution in [2.75, 3.05) is 18.0 Å². The van der Waals surface area contributed by atoms with Crippen LogP contribution in [0.15, 0.2) is 36.4 Å². The van der Waals surface area contributed by atoms with E-state index in [0.29, 0.717) is 47.9 Å². The maximum absolute atomic E-state index is 12.5. The zero-order valence-electron chi connectivity index (χ0n) is 15.9. The highest BCUT2D eigenvalue weighted by molar-refractivity contribution is 7.97. The topological polar surface area (TPSA) is 95.3 Å². The van der Waals surface area contributed by atoms with Crippen molar-refractivity contribution in [2.45, 2.75) is 25.2 Å². The zero-order chi connectivity index (χ0) is 20.4. The molecule has 0 aliphatic carbocycles. The van der Waals surface area contributed by atoms with E-state index in [1.807, 2.05) is 35.2 Å². The molecule has 8 heteroatoms. The molecule has 0 saturated carbocycles. The monoisotopic (exact) mass is 408 g/mol. The Balaban J connectivity index is 1.41. The quantitative estimate of drug-likeness (QED) is 0.600. The minimum atomic E-state index is -0.447. The van der Waals surface area contributed by atoms with Crippen LogP contribution in [0.4, 0.5) is 5.82 Å². The van der Waals surface area contributed by atoms with Gasteiger partial charge in [0.2, 0.25) is 5.91 Å². The number of hydrogen-bond donors (Lipinski definition) is 1. The number of anilines is 1. The first-order valence-corrected chi connectivity index (χ1v) is 10.4. The van der Waals surface area contributed by atoms with Crippen molar-refractivity contribution in [3.63, 3.8) is 0 Å². The Morgan fingerprint density at radius 3 is 2.97 bits per heavy atom. The molecule has 0 bridgehead atoms. The number of fused-ring (bicyclic) bond motifs is 1. The Labute approximate surface area is 173 Å². The molecular formula is C21H20N4O3S. The second-order valence-electron chi connectivity index (χ2n) is 7.12. The molecule has 2 unspecified atom stereocenters. The van der Waals surface area contributed by atoms with Crippen LogP contribution in [0, 0.1) is 17.2 Å². The summed E-state index contributed by atoms with van der Waals surface area (Å²) in [4.78, 5) is 30.9. The second-order valence-corrected chi connectivity index (χ2v) is 7.91. The predicted octanol–water partition coefficient (Wildman–Crippen LogP) is 2.98. The maximum atomic E-state index is 12.5. The van der Waals surface area contributed by atoms with E-state index in [-0.39, 0.29) is 11.8 Å². The van der Waals surface area contributed by atoms with Gasteiger partial charge in [-0.1, -0.05) is 30.3 Å². The molecule has 1 amide bonds. The highest BCUT2D eigenvalue weighted by Crippen LogP contribution is 2.34. The lowest BCUT2D eigenvalue weighted by Crippen LogP contribution is -2.29. The lowest BCUT2D eigenvalue weighted by molar-refractivity contribution is -0.122. The number of rotatable bonds is 5. The van der Waals surface area contributed by atoms with E-state index in [0.717, 1.165) is 5.56 Å². The van der Waals surface area contributed by atoms with Crippen molar-refractivity contribution in [2.24, 2.45) is 5.92 Å². The first-order valence-electron chi connectivity index (χ1n) is 9.43. The lowest BCUT2D eigenvalue weighted by atomic mass is 10.1. The van der Waals surface area contributed by atoms with Gasteiger partial charge < -0.3 is 9.64 Å². The van der Waals surface area contributed by atoms with Crippen LogP contribution in [0.1, 0.15) is 46.6 Å². The standard InChI is InChI=1S/C21H20N4O3S/c1-13-18-17(21(27)28-13)9-16(10-22)19(23-18)25-8-7-15(11-25)20(26)24-29-12-14-5-3-2-4-6-14/h2-6,9,13,15H,7-8,11-12H2,1H3,(H,24,26). The Morgan fingerprint density at radius 2 is 2.21 bits per heavy atom. The molecule has 0 spiro atoms. The molecule has 7 nitrogen and oxygen atoms in total. The van der Waals surface area contributed by atoms with Crippen LogP contribution in [-0.2, 0) is 15.3 Å². The number of carbonyl (C=O) groups is 2. The highest BCUT2D eigenvalue weighted by atomic mass is 32.2. The molecule has 1 saturated heterocycles. The van der Waals surface area contributed by atoms with Crippen molar-refractivity contribution in [3.8, 4) is 6.07 Å². The van der Waals surface area contributed by atoms with Crippen LogP contribution in [-0.4, -0.2) is 29.9 Å². The van der Waals surface area contributed by atoms with E-state index in [4.69, 9.17) is 4.74 Å². The Hall–Kier alpha value is -3.05. The molecule has 29 heavy (non-hydrogen) atoms. The van der Waals surface area contributed by atoms with Crippen molar-refractivity contribution in [1.29, 1.82) is 5.26 Å². The molecule has 3 heterocycles. The highest BCUT2D eigenvalue weighted by Gasteiger charge is 2.35. The van der Waals surface area contributed by atoms with Gasteiger partial charge in [-0.25, -0.2) is 9.78 Å². The fourth-order valence-corrected chi connectivity index (χ4v) is 4.35. The smallest absolute Gasteiger partial charge is 0.340 e. The minimum absolute atomic E-state index is 0.0139. The Morgan fingerprint density at radius 1 is 1.41 bits per heavy atom. The summed E-state index contributed by atoms with van der Waals surface area (Å²) < 4.78 is 8.12. The third-order valence-electron chi connectivity index (χ3n) is 5.15. The molecule has 2 aliphatic rings. The van der Waals surface area contributed by atoms with Gasteiger partial charge in [0.25, 0.3) is 0 Å². The van der Waals surface area contributed by atoms with E-state index in [9.17, 15) is 14.9 Å². The van der Waals surface area contributed by atoms with Crippen LogP contribution < -0.4 is 9.62 Å². The molecule has 1 aromatic heterocycles. The van der Waals surface area contributed by atoms with Crippen LogP contribution in [0.2, 0.25) is 0 Å². The fourth-order valence-electron chi connectivity index (χ4n) is 3.61. The largest absolute Gasteiger partial charge is 0.452 e. The number of aromatic nitrogens is 1. The second kappa shape index (κ2) is 8.13. The molecule has 1 aromatic carbocycles. The molecule has 4 rings (SSSR count). The van der Waals surface area contributed by atoms with Gasteiger partial charge in [0.1, 0.15) is 18.0 Å². The number of amides is 1. The summed E-state index contributed by atoms with van der Waals surface area (Å²) in [6.45, 7) is 2.88. The van der Waals surface area contributed by atoms with Crippen LogP contribution in [0.5, 0.6) is 0 Å². The lowest BCUT2D eigenvalue weighted by Gasteiger charge is -2.19. The number of hydrogen-bond acceptors (Lipinski definition) is 7. The summed E-state index contributed by atoms with van der Waals surface area (Å²) >= 11 is 1.38. The summed E-state index contributed by atoms with van der Waals surface area (Å²) in [6.07, 6.45) is 0.256. The number of nitrogens with zero attached hydrogens (tertiary/aromatic N) is 3. The van der Waals surface area contributed by atoms with Crippen molar-refractivity contribution >= 4 is 29.6 Å². The van der Waals surface area contributed by atoms with E-state index in [1.165, 1.54) is 11.9 Å². The SMILES string of the molecule is CC1OC(=O)c2cc(C#N)c(N3CCC(C(=O)NSCc4ccccc4)C3)nc21. The molecule has 2 aliphatic heterocycles. The number of carbonyl (C=O) groups excluding carboxylic acids is 2. The number of ether oxygens (including phenoxy) is 1. The Kier molecular flexibility index (Phi) is 5.41. The van der Waals surface area contributed by atoms with Gasteiger partial charge in [-0.2, -0.15) is 5.26 Å². The first kappa shape index (κ1) is 19.3. The van der Waals surface area contributed by atoms with Gasteiger partial charge in [0, 0.05) is 18.8 Å². The normalized spacial score (nSPS) is 20.1. The molecule has 1 fully saturated rings. The first-order chi connectivity index (χ1) is 14.1. The number of benzene rings is 1. The summed E-state index contributed by atoms with van der Waals surface area (Å²) in [6, 6.07) is 13.6. The van der Waals surface area contributed by atoms with Crippen molar-refractivity contribution in [3.05, 3.63) is 58.8 Å². The number of nitriles is 1. The summed E-state index contributed by atoms with van der Waals surface area (Å²) in [5.74, 6) is 0.593.